The molecule has 0 fully saturated rings. The van der Waals surface area contributed by atoms with E-state index in [1.165, 1.54) is 0 Å². The van der Waals surface area contributed by atoms with Crippen LogP contribution >= 0.6 is 0 Å². The van der Waals surface area contributed by atoms with Crippen LogP contribution in [0.2, 0.25) is 0 Å². The third-order valence-corrected chi connectivity index (χ3v) is 3.40. The number of benzene rings is 2. The van der Waals surface area contributed by atoms with Crippen molar-refractivity contribution < 1.29 is 14.3 Å². The van der Waals surface area contributed by atoms with Gasteiger partial charge in [-0.2, -0.15) is 0 Å². The molecule has 2 aromatic rings. The summed E-state index contributed by atoms with van der Waals surface area (Å²) in [4.78, 5) is 24.0. The van der Waals surface area contributed by atoms with Gasteiger partial charge in [0.05, 0.1) is 12.2 Å². The largest absolute Gasteiger partial charge is 0.462 e. The Morgan fingerprint density at radius 2 is 1.79 bits per heavy atom. The van der Waals surface area contributed by atoms with Crippen LogP contribution < -0.4 is 5.32 Å². The number of hydrogen-bond acceptors (Lipinski definition) is 4. The summed E-state index contributed by atoms with van der Waals surface area (Å²) in [6, 6.07) is 14.4. The van der Waals surface area contributed by atoms with Crippen molar-refractivity contribution in [3.8, 4) is 0 Å². The number of aryl methyl sites for hydroxylation is 1. The lowest BCUT2D eigenvalue weighted by Crippen LogP contribution is -2.06. The zero-order valence-electron chi connectivity index (χ0n) is 14.1. The average Bonchev–Trinajstić information content (AvgIpc) is 2.55. The summed E-state index contributed by atoms with van der Waals surface area (Å²) in [5.41, 5.74) is 3.65. The number of carbonyl (C=O) groups is 2. The molecule has 1 N–H and O–H groups in total. The van der Waals surface area contributed by atoms with Gasteiger partial charge in [-0.3, -0.25) is 4.79 Å². The van der Waals surface area contributed by atoms with Crippen LogP contribution in [-0.4, -0.2) is 18.4 Å². The van der Waals surface area contributed by atoms with Gasteiger partial charge in [-0.05, 0) is 39.0 Å². The predicted molar refractivity (Wildman–Crippen MR) is 95.3 cm³/mol. The second-order valence-electron chi connectivity index (χ2n) is 5.48. The lowest BCUT2D eigenvalue weighted by molar-refractivity contribution is 0.0526. The Morgan fingerprint density at radius 3 is 2.46 bits per heavy atom. The molecule has 0 saturated heterocycles. The molecule has 24 heavy (non-hydrogen) atoms. The maximum Gasteiger partial charge on any atom is 0.338 e. The van der Waals surface area contributed by atoms with Gasteiger partial charge in [0.2, 0.25) is 0 Å². The van der Waals surface area contributed by atoms with Gasteiger partial charge in [-0.15, -0.1) is 0 Å². The van der Waals surface area contributed by atoms with E-state index in [1.54, 1.807) is 31.2 Å². The Hall–Kier alpha value is -2.88. The van der Waals surface area contributed by atoms with Crippen molar-refractivity contribution in [2.75, 3.05) is 11.9 Å². The molecular formula is C20H21NO3. The predicted octanol–water partition coefficient (Wildman–Crippen LogP) is 4.37. The fraction of sp³-hybridized carbons (Fsp3) is 0.200. The Bertz CT molecular complexity index is 761. The minimum Gasteiger partial charge on any atom is -0.462 e. The summed E-state index contributed by atoms with van der Waals surface area (Å²) < 4.78 is 4.98. The number of rotatable bonds is 6. The van der Waals surface area contributed by atoms with Gasteiger partial charge in [0.25, 0.3) is 0 Å². The smallest absolute Gasteiger partial charge is 0.338 e. The van der Waals surface area contributed by atoms with E-state index in [4.69, 9.17) is 4.74 Å². The number of esters is 1. The van der Waals surface area contributed by atoms with E-state index in [0.717, 1.165) is 11.3 Å². The van der Waals surface area contributed by atoms with Crippen LogP contribution in [0.15, 0.2) is 60.3 Å². The first kappa shape index (κ1) is 17.5. The van der Waals surface area contributed by atoms with Crippen LogP contribution in [-0.2, 0) is 4.74 Å². The summed E-state index contributed by atoms with van der Waals surface area (Å²) in [6.45, 7) is 5.89. The van der Waals surface area contributed by atoms with Gasteiger partial charge in [0.1, 0.15) is 0 Å². The molecule has 0 amide bonds. The van der Waals surface area contributed by atoms with Crippen molar-refractivity contribution in [2.24, 2.45) is 0 Å². The second kappa shape index (κ2) is 8.11. The van der Waals surface area contributed by atoms with Gasteiger partial charge in [-0.1, -0.05) is 35.9 Å². The van der Waals surface area contributed by atoms with Gasteiger partial charge in [0.15, 0.2) is 5.78 Å². The third kappa shape index (κ3) is 4.81. The molecule has 4 nitrogen and oxygen atoms in total. The van der Waals surface area contributed by atoms with E-state index in [0.29, 0.717) is 23.4 Å². The molecule has 0 aromatic heterocycles. The van der Waals surface area contributed by atoms with Gasteiger partial charge < -0.3 is 10.1 Å². The van der Waals surface area contributed by atoms with Crippen LogP contribution in [0, 0.1) is 6.92 Å². The molecule has 0 bridgehead atoms. The topological polar surface area (TPSA) is 55.4 Å². The highest BCUT2D eigenvalue weighted by molar-refractivity contribution is 6.05. The fourth-order valence-corrected chi connectivity index (χ4v) is 2.20. The molecule has 0 unspecified atom stereocenters. The zero-order chi connectivity index (χ0) is 17.5. The second-order valence-corrected chi connectivity index (χ2v) is 5.48. The number of hydrogen-bond donors (Lipinski definition) is 1. The average molecular weight is 323 g/mol. The molecule has 0 spiro atoms. The fourth-order valence-electron chi connectivity index (χ4n) is 2.20. The highest BCUT2D eigenvalue weighted by Gasteiger charge is 2.07. The normalized spacial score (nSPS) is 11.0. The van der Waals surface area contributed by atoms with Gasteiger partial charge >= 0.3 is 5.97 Å². The summed E-state index contributed by atoms with van der Waals surface area (Å²) in [5.74, 6) is -0.430. The number of ketones is 1. The first-order chi connectivity index (χ1) is 11.5. The summed E-state index contributed by atoms with van der Waals surface area (Å²) in [6.07, 6.45) is 1.54. The van der Waals surface area contributed by atoms with E-state index in [9.17, 15) is 9.59 Å². The Labute approximate surface area is 142 Å². The van der Waals surface area contributed by atoms with E-state index in [2.05, 4.69) is 5.32 Å². The monoisotopic (exact) mass is 323 g/mol. The molecule has 2 aromatic carbocycles. The summed E-state index contributed by atoms with van der Waals surface area (Å²) in [7, 11) is 0. The maximum absolute atomic E-state index is 12.2. The number of anilines is 1. The SMILES string of the molecule is CCOC(=O)c1cccc(N/C(C)=C/C(=O)c2ccc(C)cc2)c1. The standard InChI is InChI=1S/C20H21NO3/c1-4-24-20(23)17-6-5-7-18(13-17)21-15(3)12-19(22)16-10-8-14(2)9-11-16/h5-13,21H,4H2,1-3H3/b15-12+. The van der Waals surface area contributed by atoms with Crippen LogP contribution in [0.4, 0.5) is 5.69 Å². The molecule has 0 saturated carbocycles. The lowest BCUT2D eigenvalue weighted by atomic mass is 10.1. The Morgan fingerprint density at radius 1 is 1.08 bits per heavy atom. The number of carbonyl (C=O) groups excluding carboxylic acids is 2. The first-order valence-corrected chi connectivity index (χ1v) is 7.83. The van der Waals surface area contributed by atoms with Crippen LogP contribution in [0.25, 0.3) is 0 Å². The summed E-state index contributed by atoms with van der Waals surface area (Å²) in [5, 5.41) is 3.12. The van der Waals surface area contributed by atoms with Crippen molar-refractivity contribution >= 4 is 17.4 Å². The van der Waals surface area contributed by atoms with E-state index < -0.39 is 0 Å². The Balaban J connectivity index is 2.09. The zero-order valence-corrected chi connectivity index (χ0v) is 14.1. The number of nitrogens with one attached hydrogen (secondary N) is 1. The van der Waals surface area contributed by atoms with E-state index in [-0.39, 0.29) is 11.8 Å². The summed E-state index contributed by atoms with van der Waals surface area (Å²) >= 11 is 0. The molecule has 0 atom stereocenters. The van der Waals surface area contributed by atoms with Gasteiger partial charge in [-0.25, -0.2) is 4.79 Å². The third-order valence-electron chi connectivity index (χ3n) is 3.40. The van der Waals surface area contributed by atoms with Crippen LogP contribution in [0.3, 0.4) is 0 Å². The number of ether oxygens (including phenoxy) is 1. The van der Waals surface area contributed by atoms with Gasteiger partial charge in [0, 0.05) is 23.0 Å². The van der Waals surface area contributed by atoms with Crippen molar-refractivity contribution in [1.82, 2.24) is 0 Å². The molecule has 0 heterocycles. The molecule has 124 valence electrons. The quantitative estimate of drug-likeness (QED) is 0.487. The van der Waals surface area contributed by atoms with Crippen LogP contribution in [0.1, 0.15) is 40.1 Å². The lowest BCUT2D eigenvalue weighted by Gasteiger charge is -2.08. The molecule has 0 aliphatic rings. The number of allylic oxidation sites excluding steroid dienone is 2. The molecule has 0 aliphatic carbocycles. The minimum atomic E-state index is -0.362. The van der Waals surface area contributed by atoms with Crippen molar-refractivity contribution in [3.63, 3.8) is 0 Å². The van der Waals surface area contributed by atoms with Crippen LogP contribution in [0.5, 0.6) is 0 Å². The minimum absolute atomic E-state index is 0.0680. The first-order valence-electron chi connectivity index (χ1n) is 7.83. The molecular weight excluding hydrogens is 302 g/mol. The molecule has 0 aliphatic heterocycles. The highest BCUT2D eigenvalue weighted by atomic mass is 16.5. The van der Waals surface area contributed by atoms with Crippen molar-refractivity contribution in [2.45, 2.75) is 20.8 Å². The maximum atomic E-state index is 12.2. The van der Waals surface area contributed by atoms with E-state index in [1.807, 2.05) is 44.2 Å². The molecule has 2 rings (SSSR count). The Kier molecular flexibility index (Phi) is 5.90. The van der Waals surface area contributed by atoms with Crippen molar-refractivity contribution in [3.05, 3.63) is 77.0 Å². The molecule has 0 radical (unpaired) electrons. The van der Waals surface area contributed by atoms with Crippen molar-refractivity contribution in [1.29, 1.82) is 0 Å². The van der Waals surface area contributed by atoms with E-state index >= 15 is 0 Å². The molecule has 4 heteroatoms. The highest BCUT2D eigenvalue weighted by Crippen LogP contribution is 2.14.